The Morgan fingerprint density at radius 1 is 1.23 bits per heavy atom. The van der Waals surface area contributed by atoms with E-state index < -0.39 is 11.5 Å². The molecule has 1 aliphatic rings. The van der Waals surface area contributed by atoms with Crippen molar-refractivity contribution >= 4 is 22.5 Å². The zero-order valence-electron chi connectivity index (χ0n) is 18.0. The van der Waals surface area contributed by atoms with Crippen LogP contribution in [0, 0.1) is 13.8 Å². The fourth-order valence-corrected chi connectivity index (χ4v) is 4.12. The third kappa shape index (κ3) is 4.77. The molecule has 162 valence electrons. The highest BCUT2D eigenvalue weighted by Gasteiger charge is 2.22. The summed E-state index contributed by atoms with van der Waals surface area (Å²) < 4.78 is 5.51. The number of fused-ring (bicyclic) bond motifs is 1. The van der Waals surface area contributed by atoms with Crippen LogP contribution in [0.2, 0.25) is 0 Å². The minimum atomic E-state index is -0.568. The number of aromatic nitrogens is 1. The molecule has 1 atom stereocenters. The molecule has 3 aromatic rings. The molecule has 1 amide bonds. The molecule has 0 radical (unpaired) electrons. The second-order valence-electron chi connectivity index (χ2n) is 8.05. The SMILES string of the molecule is Cc1cc(NCCNC(=O)c2c(C)cc(C3CCCNC3)oc2=O)c2ccccc2n1. The molecule has 2 aromatic heterocycles. The highest BCUT2D eigenvalue weighted by molar-refractivity contribution is 5.95. The molecule has 1 unspecified atom stereocenters. The smallest absolute Gasteiger partial charge is 0.349 e. The van der Waals surface area contributed by atoms with E-state index in [9.17, 15) is 9.59 Å². The first-order valence-corrected chi connectivity index (χ1v) is 10.8. The standard InChI is InChI=1S/C24H28N4O3/c1-15-12-21(17-6-5-9-25-14-17)31-24(30)22(15)23(29)27-11-10-26-20-13-16(2)28-19-8-4-3-7-18(19)20/h3-4,7-8,12-13,17,25H,5-6,9-11,14H2,1-2H3,(H,26,28)(H,27,29). The maximum atomic E-state index is 12.6. The molecule has 0 aliphatic carbocycles. The van der Waals surface area contributed by atoms with Crippen LogP contribution in [-0.4, -0.2) is 37.1 Å². The molecule has 3 N–H and O–H groups in total. The first kappa shape index (κ1) is 21.1. The summed E-state index contributed by atoms with van der Waals surface area (Å²) in [7, 11) is 0. The molecule has 31 heavy (non-hydrogen) atoms. The highest BCUT2D eigenvalue weighted by Crippen LogP contribution is 2.24. The van der Waals surface area contributed by atoms with Gasteiger partial charge in [0.15, 0.2) is 0 Å². The number of para-hydroxylation sites is 1. The second kappa shape index (κ2) is 9.31. The van der Waals surface area contributed by atoms with E-state index in [1.54, 1.807) is 6.92 Å². The van der Waals surface area contributed by atoms with E-state index in [1.165, 1.54) is 0 Å². The van der Waals surface area contributed by atoms with Crippen LogP contribution in [0.3, 0.4) is 0 Å². The quantitative estimate of drug-likeness (QED) is 0.530. The van der Waals surface area contributed by atoms with Gasteiger partial charge in [-0.1, -0.05) is 18.2 Å². The van der Waals surface area contributed by atoms with Gasteiger partial charge in [0, 0.05) is 42.3 Å². The lowest BCUT2D eigenvalue weighted by atomic mass is 9.95. The van der Waals surface area contributed by atoms with Crippen molar-refractivity contribution in [2.75, 3.05) is 31.5 Å². The number of hydrogen-bond donors (Lipinski definition) is 3. The molecule has 0 spiro atoms. The zero-order chi connectivity index (χ0) is 21.8. The molecular weight excluding hydrogens is 392 g/mol. The Balaban J connectivity index is 1.39. The van der Waals surface area contributed by atoms with Crippen LogP contribution in [-0.2, 0) is 0 Å². The van der Waals surface area contributed by atoms with Crippen molar-refractivity contribution < 1.29 is 9.21 Å². The predicted molar refractivity (Wildman–Crippen MR) is 122 cm³/mol. The average Bonchev–Trinajstić information content (AvgIpc) is 2.76. The monoisotopic (exact) mass is 420 g/mol. The second-order valence-corrected chi connectivity index (χ2v) is 8.05. The van der Waals surface area contributed by atoms with Crippen LogP contribution >= 0.6 is 0 Å². The molecule has 1 fully saturated rings. The summed E-state index contributed by atoms with van der Waals surface area (Å²) in [6.07, 6.45) is 2.03. The Morgan fingerprint density at radius 2 is 2.06 bits per heavy atom. The molecule has 1 aromatic carbocycles. The number of aryl methyl sites for hydroxylation is 2. The largest absolute Gasteiger partial charge is 0.427 e. The third-order valence-corrected chi connectivity index (χ3v) is 5.66. The molecule has 0 saturated carbocycles. The zero-order valence-corrected chi connectivity index (χ0v) is 18.0. The molecule has 7 nitrogen and oxygen atoms in total. The van der Waals surface area contributed by atoms with Crippen LogP contribution in [0.1, 0.15) is 46.1 Å². The Hall–Kier alpha value is -3.19. The maximum Gasteiger partial charge on any atom is 0.349 e. The van der Waals surface area contributed by atoms with Crippen molar-refractivity contribution in [3.05, 3.63) is 69.4 Å². The molecule has 1 saturated heterocycles. The van der Waals surface area contributed by atoms with Gasteiger partial charge in [0.2, 0.25) is 0 Å². The number of benzene rings is 1. The van der Waals surface area contributed by atoms with E-state index in [-0.39, 0.29) is 11.5 Å². The Kier molecular flexibility index (Phi) is 6.32. The average molecular weight is 421 g/mol. The summed E-state index contributed by atoms with van der Waals surface area (Å²) in [5, 5.41) is 10.5. The first-order valence-electron chi connectivity index (χ1n) is 10.8. The lowest BCUT2D eigenvalue weighted by Crippen LogP contribution is -2.34. The summed E-state index contributed by atoms with van der Waals surface area (Å²) in [6, 6.07) is 11.7. The van der Waals surface area contributed by atoms with Crippen LogP contribution in [0.25, 0.3) is 10.9 Å². The van der Waals surface area contributed by atoms with Gasteiger partial charge in [-0.3, -0.25) is 9.78 Å². The van der Waals surface area contributed by atoms with Crippen molar-refractivity contribution in [2.45, 2.75) is 32.6 Å². The van der Waals surface area contributed by atoms with Crippen molar-refractivity contribution in [3.8, 4) is 0 Å². The summed E-state index contributed by atoms with van der Waals surface area (Å²) in [5.74, 6) is 0.435. The van der Waals surface area contributed by atoms with Gasteiger partial charge in [0.05, 0.1) is 5.52 Å². The molecule has 7 heteroatoms. The normalized spacial score (nSPS) is 16.3. The van der Waals surface area contributed by atoms with Crippen molar-refractivity contribution in [1.82, 2.24) is 15.6 Å². The fraction of sp³-hybridized carbons (Fsp3) is 0.375. The van der Waals surface area contributed by atoms with Gasteiger partial charge >= 0.3 is 5.63 Å². The number of amides is 1. The molecule has 3 heterocycles. The summed E-state index contributed by atoms with van der Waals surface area (Å²) in [6.45, 7) is 6.42. The summed E-state index contributed by atoms with van der Waals surface area (Å²) >= 11 is 0. The lowest BCUT2D eigenvalue weighted by molar-refractivity contribution is 0.0950. The van der Waals surface area contributed by atoms with E-state index in [1.807, 2.05) is 43.3 Å². The van der Waals surface area contributed by atoms with Crippen molar-refractivity contribution in [3.63, 3.8) is 0 Å². The molecule has 4 rings (SSSR count). The number of hydrogen-bond acceptors (Lipinski definition) is 6. The molecule has 0 bridgehead atoms. The van der Waals surface area contributed by atoms with Crippen LogP contribution < -0.4 is 21.6 Å². The first-order chi connectivity index (χ1) is 15.0. The third-order valence-electron chi connectivity index (χ3n) is 5.66. The van der Waals surface area contributed by atoms with Gasteiger partial charge in [0.1, 0.15) is 11.3 Å². The minimum Gasteiger partial charge on any atom is -0.427 e. The van der Waals surface area contributed by atoms with Gasteiger partial charge in [-0.25, -0.2) is 4.79 Å². The van der Waals surface area contributed by atoms with Crippen LogP contribution in [0.15, 0.2) is 45.6 Å². The predicted octanol–water partition coefficient (Wildman–Crippen LogP) is 3.11. The number of nitrogens with zero attached hydrogens (tertiary/aromatic N) is 1. The Morgan fingerprint density at radius 3 is 2.84 bits per heavy atom. The number of rotatable bonds is 6. The van der Waals surface area contributed by atoms with E-state index in [4.69, 9.17) is 4.42 Å². The summed E-state index contributed by atoms with van der Waals surface area (Å²) in [5.41, 5.74) is 2.98. The van der Waals surface area contributed by atoms with E-state index in [0.29, 0.717) is 24.4 Å². The Labute approximate surface area is 181 Å². The maximum absolute atomic E-state index is 12.6. The van der Waals surface area contributed by atoms with Gasteiger partial charge in [-0.2, -0.15) is 0 Å². The summed E-state index contributed by atoms with van der Waals surface area (Å²) in [4.78, 5) is 29.7. The van der Waals surface area contributed by atoms with E-state index >= 15 is 0 Å². The van der Waals surface area contributed by atoms with Crippen molar-refractivity contribution in [2.24, 2.45) is 0 Å². The topological polar surface area (TPSA) is 96.3 Å². The van der Waals surface area contributed by atoms with Crippen LogP contribution in [0.5, 0.6) is 0 Å². The highest BCUT2D eigenvalue weighted by atomic mass is 16.4. The molecule has 1 aliphatic heterocycles. The minimum absolute atomic E-state index is 0.0812. The number of anilines is 1. The van der Waals surface area contributed by atoms with Crippen molar-refractivity contribution in [1.29, 1.82) is 0 Å². The number of carbonyl (C=O) groups is 1. The number of carbonyl (C=O) groups excluding carboxylic acids is 1. The van der Waals surface area contributed by atoms with Gasteiger partial charge < -0.3 is 20.4 Å². The van der Waals surface area contributed by atoms with E-state index in [0.717, 1.165) is 48.2 Å². The molecular formula is C24H28N4O3. The van der Waals surface area contributed by atoms with Crippen LogP contribution in [0.4, 0.5) is 5.69 Å². The van der Waals surface area contributed by atoms with Gasteiger partial charge in [-0.15, -0.1) is 0 Å². The Bertz CT molecular complexity index is 1150. The number of pyridine rings is 1. The number of nitrogens with one attached hydrogen (secondary N) is 3. The lowest BCUT2D eigenvalue weighted by Gasteiger charge is -2.22. The number of piperidine rings is 1. The van der Waals surface area contributed by atoms with Gasteiger partial charge in [0.25, 0.3) is 5.91 Å². The van der Waals surface area contributed by atoms with E-state index in [2.05, 4.69) is 20.9 Å². The van der Waals surface area contributed by atoms with Gasteiger partial charge in [-0.05, 0) is 57.0 Å². The fourth-order valence-electron chi connectivity index (χ4n) is 4.12.